The van der Waals surface area contributed by atoms with Crippen LogP contribution < -0.4 is 10.1 Å². The molecule has 0 saturated heterocycles. The van der Waals surface area contributed by atoms with Crippen LogP contribution in [0.15, 0.2) is 54.6 Å². The van der Waals surface area contributed by atoms with E-state index in [1.807, 2.05) is 50.5 Å². The van der Waals surface area contributed by atoms with Gasteiger partial charge in [-0.15, -0.1) is 0 Å². The molecule has 106 valence electrons. The molecule has 0 heterocycles. The lowest BCUT2D eigenvalue weighted by Gasteiger charge is -2.14. The Balaban J connectivity index is 1.93. The summed E-state index contributed by atoms with van der Waals surface area (Å²) in [6, 6.07) is 18.4. The van der Waals surface area contributed by atoms with E-state index >= 15 is 0 Å². The Morgan fingerprint density at radius 1 is 0.950 bits per heavy atom. The monoisotopic (exact) mass is 270 g/mol. The van der Waals surface area contributed by atoms with Crippen LogP contribution in [0.4, 0.5) is 5.69 Å². The number of anilines is 1. The Hall–Kier alpha value is -2.00. The lowest BCUT2D eigenvalue weighted by Crippen LogP contribution is -2.19. The van der Waals surface area contributed by atoms with Gasteiger partial charge < -0.3 is 15.0 Å². The highest BCUT2D eigenvalue weighted by Gasteiger charge is 2.03. The number of nitrogens with one attached hydrogen (secondary N) is 1. The first-order valence-electron chi connectivity index (χ1n) is 6.90. The molecular weight excluding hydrogens is 248 g/mol. The Kier molecular flexibility index (Phi) is 5.44. The summed E-state index contributed by atoms with van der Waals surface area (Å²) < 4.78 is 5.85. The summed E-state index contributed by atoms with van der Waals surface area (Å²) in [4.78, 5) is 2.12. The Bertz CT molecular complexity index is 511. The van der Waals surface area contributed by atoms with E-state index < -0.39 is 0 Å². The number of likely N-dealkylation sites (N-methyl/N-ethyl adjacent to an activating group) is 1. The van der Waals surface area contributed by atoms with Gasteiger partial charge in [0.25, 0.3) is 0 Å². The Labute approximate surface area is 121 Å². The fourth-order valence-corrected chi connectivity index (χ4v) is 1.88. The minimum atomic E-state index is 0.704. The van der Waals surface area contributed by atoms with E-state index in [0.29, 0.717) is 6.61 Å². The second-order valence-electron chi connectivity index (χ2n) is 4.98. The van der Waals surface area contributed by atoms with Gasteiger partial charge in [0.1, 0.15) is 12.4 Å². The summed E-state index contributed by atoms with van der Waals surface area (Å²) >= 11 is 0. The highest BCUT2D eigenvalue weighted by molar-refractivity contribution is 5.44. The summed E-state index contributed by atoms with van der Waals surface area (Å²) in [5.74, 6) is 0.956. The van der Waals surface area contributed by atoms with Gasteiger partial charge >= 0.3 is 0 Å². The predicted molar refractivity (Wildman–Crippen MR) is 84.3 cm³/mol. The van der Waals surface area contributed by atoms with Gasteiger partial charge in [-0.1, -0.05) is 36.4 Å². The minimum absolute atomic E-state index is 0.704. The number of nitrogens with zero attached hydrogens (tertiary/aromatic N) is 1. The first-order chi connectivity index (χ1) is 9.75. The third kappa shape index (κ3) is 4.59. The second-order valence-corrected chi connectivity index (χ2v) is 4.98. The Morgan fingerprint density at radius 3 is 2.40 bits per heavy atom. The fraction of sp³-hybridized carbons (Fsp3) is 0.294. The van der Waals surface area contributed by atoms with Gasteiger partial charge in [0.15, 0.2) is 0 Å². The largest absolute Gasteiger partial charge is 0.492 e. The normalized spacial score (nSPS) is 10.6. The third-order valence-electron chi connectivity index (χ3n) is 3.03. The molecule has 2 aromatic rings. The molecule has 20 heavy (non-hydrogen) atoms. The first-order valence-corrected chi connectivity index (χ1v) is 6.90. The van der Waals surface area contributed by atoms with Crippen LogP contribution in [-0.2, 0) is 6.54 Å². The van der Waals surface area contributed by atoms with Crippen LogP contribution in [0.25, 0.3) is 0 Å². The van der Waals surface area contributed by atoms with Crippen molar-refractivity contribution < 1.29 is 4.74 Å². The molecule has 0 aliphatic rings. The average molecular weight is 270 g/mol. The van der Waals surface area contributed by atoms with E-state index in [9.17, 15) is 0 Å². The van der Waals surface area contributed by atoms with Crippen molar-refractivity contribution in [2.75, 3.05) is 32.6 Å². The van der Waals surface area contributed by atoms with Gasteiger partial charge in [0, 0.05) is 24.3 Å². The van der Waals surface area contributed by atoms with Gasteiger partial charge in [-0.05, 0) is 32.3 Å². The molecule has 0 saturated carbocycles. The molecule has 0 bridgehead atoms. The zero-order valence-corrected chi connectivity index (χ0v) is 12.2. The molecule has 0 aromatic heterocycles. The molecule has 0 aliphatic carbocycles. The smallest absolute Gasteiger partial charge is 0.124 e. The second kappa shape index (κ2) is 7.56. The lowest BCUT2D eigenvalue weighted by atomic mass is 10.2. The number of hydrogen-bond donors (Lipinski definition) is 1. The van der Waals surface area contributed by atoms with Crippen LogP contribution >= 0.6 is 0 Å². The topological polar surface area (TPSA) is 24.5 Å². The summed E-state index contributed by atoms with van der Waals surface area (Å²) in [6.07, 6.45) is 0. The van der Waals surface area contributed by atoms with E-state index in [4.69, 9.17) is 4.74 Å². The summed E-state index contributed by atoms with van der Waals surface area (Å²) in [5.41, 5.74) is 2.30. The maximum absolute atomic E-state index is 5.85. The van der Waals surface area contributed by atoms with Crippen LogP contribution in [0.1, 0.15) is 5.56 Å². The molecule has 0 amide bonds. The standard InChI is InChI=1S/C17H22N2O/c1-19(2)12-13-20-17-11-7-6-8-15(17)14-18-16-9-4-3-5-10-16/h3-11,18H,12-14H2,1-2H3. The van der Waals surface area contributed by atoms with Gasteiger partial charge in [-0.3, -0.25) is 0 Å². The van der Waals surface area contributed by atoms with Crippen molar-refractivity contribution in [2.24, 2.45) is 0 Å². The van der Waals surface area contributed by atoms with Crippen molar-refractivity contribution in [1.82, 2.24) is 4.90 Å². The number of ether oxygens (including phenoxy) is 1. The van der Waals surface area contributed by atoms with Crippen molar-refractivity contribution in [3.8, 4) is 5.75 Å². The number of benzene rings is 2. The van der Waals surface area contributed by atoms with E-state index in [0.717, 1.165) is 24.5 Å². The van der Waals surface area contributed by atoms with Crippen molar-refractivity contribution >= 4 is 5.69 Å². The van der Waals surface area contributed by atoms with Crippen LogP contribution in [0.5, 0.6) is 5.75 Å². The molecule has 0 atom stereocenters. The van der Waals surface area contributed by atoms with E-state index in [-0.39, 0.29) is 0 Å². The third-order valence-corrected chi connectivity index (χ3v) is 3.03. The van der Waals surface area contributed by atoms with Crippen molar-refractivity contribution in [3.63, 3.8) is 0 Å². The molecule has 0 spiro atoms. The molecule has 2 aromatic carbocycles. The highest BCUT2D eigenvalue weighted by Crippen LogP contribution is 2.19. The van der Waals surface area contributed by atoms with Crippen molar-refractivity contribution in [2.45, 2.75) is 6.54 Å². The predicted octanol–water partition coefficient (Wildman–Crippen LogP) is 3.24. The zero-order valence-electron chi connectivity index (χ0n) is 12.2. The molecule has 1 N–H and O–H groups in total. The maximum Gasteiger partial charge on any atom is 0.124 e. The lowest BCUT2D eigenvalue weighted by molar-refractivity contribution is 0.259. The molecular formula is C17H22N2O. The molecule has 0 aliphatic heterocycles. The Morgan fingerprint density at radius 2 is 1.65 bits per heavy atom. The quantitative estimate of drug-likeness (QED) is 0.836. The molecule has 0 radical (unpaired) electrons. The molecule has 0 unspecified atom stereocenters. The van der Waals surface area contributed by atoms with Crippen LogP contribution in [0.2, 0.25) is 0 Å². The number of para-hydroxylation sites is 2. The molecule has 0 fully saturated rings. The van der Waals surface area contributed by atoms with Gasteiger partial charge in [-0.25, -0.2) is 0 Å². The maximum atomic E-state index is 5.85. The molecule has 3 nitrogen and oxygen atoms in total. The summed E-state index contributed by atoms with van der Waals surface area (Å²) in [6.45, 7) is 2.39. The number of rotatable bonds is 7. The first kappa shape index (κ1) is 14.4. The van der Waals surface area contributed by atoms with Gasteiger partial charge in [0.2, 0.25) is 0 Å². The van der Waals surface area contributed by atoms with E-state index in [2.05, 4.69) is 28.4 Å². The van der Waals surface area contributed by atoms with Gasteiger partial charge in [-0.2, -0.15) is 0 Å². The summed E-state index contributed by atoms with van der Waals surface area (Å²) in [5, 5.41) is 3.41. The molecule has 2 rings (SSSR count). The summed E-state index contributed by atoms with van der Waals surface area (Å²) in [7, 11) is 4.10. The fourth-order valence-electron chi connectivity index (χ4n) is 1.88. The van der Waals surface area contributed by atoms with Crippen molar-refractivity contribution in [3.05, 3.63) is 60.2 Å². The zero-order chi connectivity index (χ0) is 14.2. The minimum Gasteiger partial charge on any atom is -0.492 e. The average Bonchev–Trinajstić information content (AvgIpc) is 2.47. The highest BCUT2D eigenvalue weighted by atomic mass is 16.5. The van der Waals surface area contributed by atoms with Crippen LogP contribution in [0.3, 0.4) is 0 Å². The van der Waals surface area contributed by atoms with E-state index in [1.165, 1.54) is 5.56 Å². The SMILES string of the molecule is CN(C)CCOc1ccccc1CNc1ccccc1. The van der Waals surface area contributed by atoms with E-state index in [1.54, 1.807) is 0 Å². The van der Waals surface area contributed by atoms with Crippen LogP contribution in [0, 0.1) is 0 Å². The van der Waals surface area contributed by atoms with Crippen LogP contribution in [-0.4, -0.2) is 32.1 Å². The van der Waals surface area contributed by atoms with Crippen molar-refractivity contribution in [1.29, 1.82) is 0 Å². The van der Waals surface area contributed by atoms with Gasteiger partial charge in [0.05, 0.1) is 0 Å². The molecule has 3 heteroatoms. The number of hydrogen-bond acceptors (Lipinski definition) is 3.